The number of allylic oxidation sites excluding steroid dienone is 2. The van der Waals surface area contributed by atoms with E-state index in [9.17, 15) is 28.8 Å². The molecule has 0 heterocycles. The molecule has 12 nitrogen and oxygen atoms in total. The highest BCUT2D eigenvalue weighted by Crippen LogP contribution is 2.07. The molecule has 0 aliphatic heterocycles. The van der Waals surface area contributed by atoms with Crippen molar-refractivity contribution in [1.82, 2.24) is 0 Å². The second-order valence-electron chi connectivity index (χ2n) is 9.99. The van der Waals surface area contributed by atoms with Crippen molar-refractivity contribution in [3.63, 3.8) is 0 Å². The maximum atomic E-state index is 11.4. The number of ether oxygens (including phenoxy) is 2. The summed E-state index contributed by atoms with van der Waals surface area (Å²) in [4.78, 5) is 62.0. The van der Waals surface area contributed by atoms with Crippen molar-refractivity contribution >= 4 is 35.8 Å². The highest BCUT2D eigenvalue weighted by molar-refractivity contribution is 5.74. The first-order valence-corrected chi connectivity index (χ1v) is 15.9. The van der Waals surface area contributed by atoms with Gasteiger partial charge in [0.1, 0.15) is 12.2 Å². The van der Waals surface area contributed by atoms with Gasteiger partial charge in [-0.15, -0.1) is 26.3 Å². The fraction of sp³-hybridized carbons (Fsp3) is 0.556. The van der Waals surface area contributed by atoms with Crippen LogP contribution < -0.4 is 0 Å². The molecule has 0 aliphatic rings. The van der Waals surface area contributed by atoms with Gasteiger partial charge in [-0.05, 0) is 33.1 Å². The summed E-state index contributed by atoms with van der Waals surface area (Å²) in [6.07, 6.45) is 18.3. The van der Waals surface area contributed by atoms with E-state index in [0.717, 1.165) is 12.8 Å². The lowest BCUT2D eigenvalue weighted by Gasteiger charge is -2.14. The van der Waals surface area contributed by atoms with Gasteiger partial charge in [-0.1, -0.05) is 82.4 Å². The number of hydrogen-bond donors (Lipinski definition) is 4. The summed E-state index contributed by atoms with van der Waals surface area (Å²) in [5, 5.41) is 32.5. The molecule has 48 heavy (non-hydrogen) atoms. The Hall–Kier alpha value is -4.48. The number of unbranched alkanes of at least 4 members (excludes halogenated alkanes) is 6. The number of carboxylic acids is 4. The Morgan fingerprint density at radius 1 is 0.542 bits per heavy atom. The van der Waals surface area contributed by atoms with Crippen LogP contribution in [-0.4, -0.2) is 68.4 Å². The van der Waals surface area contributed by atoms with Gasteiger partial charge in [0, 0.05) is 0 Å². The van der Waals surface area contributed by atoms with Crippen molar-refractivity contribution in [2.24, 2.45) is 0 Å². The topological polar surface area (TPSA) is 202 Å². The number of carbonyl (C=O) groups excluding carboxylic acids is 2. The number of aliphatic carboxylic acids is 4. The van der Waals surface area contributed by atoms with Crippen LogP contribution in [0.2, 0.25) is 0 Å². The number of carboxylic acid groups (broad SMARTS) is 4. The molecule has 0 bridgehead atoms. The van der Waals surface area contributed by atoms with E-state index < -0.39 is 48.0 Å². The van der Waals surface area contributed by atoms with Crippen LogP contribution >= 0.6 is 0 Å². The van der Waals surface area contributed by atoms with Gasteiger partial charge in [-0.2, -0.15) is 0 Å². The summed E-state index contributed by atoms with van der Waals surface area (Å²) in [6, 6.07) is 0. The average molecular weight is 685 g/mol. The first-order valence-electron chi connectivity index (χ1n) is 15.9. The van der Waals surface area contributed by atoms with E-state index in [-0.39, 0.29) is 38.5 Å². The van der Waals surface area contributed by atoms with E-state index in [1.54, 1.807) is 13.0 Å². The fourth-order valence-electron chi connectivity index (χ4n) is 2.82. The molecule has 0 spiro atoms. The third kappa shape index (κ3) is 64.5. The van der Waals surface area contributed by atoms with Gasteiger partial charge >= 0.3 is 35.8 Å². The maximum absolute atomic E-state index is 11.4. The molecular weight excluding hydrogens is 624 g/mol. The average Bonchev–Trinajstić information content (AvgIpc) is 2.96. The zero-order chi connectivity index (χ0) is 38.2. The largest absolute Gasteiger partial charge is 0.481 e. The van der Waals surface area contributed by atoms with Crippen molar-refractivity contribution in [2.75, 3.05) is 0 Å². The lowest BCUT2D eigenvalue weighted by Crippen LogP contribution is -2.23. The van der Waals surface area contributed by atoms with Crippen LogP contribution in [-0.2, 0) is 38.2 Å². The third-order valence-corrected chi connectivity index (χ3v) is 5.00. The van der Waals surface area contributed by atoms with Crippen LogP contribution in [0.4, 0.5) is 0 Å². The standard InChI is InChI=1S/C12H18O6.C12H22O2.2C4H6O2.C4H8/c1-4-5-11(15)17-9(3)7-12(16)18-8(2)6-10(13)14;1-2-3-4-5-6-7-8-9-10-11-12(13)14;2*1-2-3-4(5)6;1-3-4-2/h4,8-9H,1,5-7H2,2-3H3,(H,13,14);9-10H,2-8,11H2,1H3,(H,13,14);2*2H,1,3H2,(H,5,6);3H,1,4H2,2H3/b;10-9+;;;. The van der Waals surface area contributed by atoms with Crippen molar-refractivity contribution in [2.45, 2.75) is 130 Å². The van der Waals surface area contributed by atoms with Gasteiger partial charge in [0.15, 0.2) is 0 Å². The highest BCUT2D eigenvalue weighted by atomic mass is 16.6. The van der Waals surface area contributed by atoms with Crippen LogP contribution in [0.1, 0.15) is 118 Å². The monoisotopic (exact) mass is 684 g/mol. The van der Waals surface area contributed by atoms with E-state index in [4.69, 9.17) is 29.9 Å². The van der Waals surface area contributed by atoms with Crippen LogP contribution in [0.5, 0.6) is 0 Å². The zero-order valence-corrected chi connectivity index (χ0v) is 29.4. The molecule has 0 saturated heterocycles. The van der Waals surface area contributed by atoms with Gasteiger partial charge in [0.2, 0.25) is 0 Å². The maximum Gasteiger partial charge on any atom is 0.309 e. The summed E-state index contributed by atoms with van der Waals surface area (Å²) < 4.78 is 9.74. The van der Waals surface area contributed by atoms with Gasteiger partial charge in [-0.3, -0.25) is 28.8 Å². The van der Waals surface area contributed by atoms with E-state index in [0.29, 0.717) is 0 Å². The minimum atomic E-state index is -1.04. The van der Waals surface area contributed by atoms with Crippen molar-refractivity contribution in [3.05, 3.63) is 62.8 Å². The molecule has 0 rings (SSSR count). The minimum absolute atomic E-state index is 0.0556. The summed E-state index contributed by atoms with van der Waals surface area (Å²) >= 11 is 0. The normalized spacial score (nSPS) is 10.5. The Balaban J connectivity index is -0.000000180. The number of esters is 2. The number of hydrogen-bond acceptors (Lipinski definition) is 8. The molecular formula is C36H60O12. The predicted molar refractivity (Wildman–Crippen MR) is 188 cm³/mol. The summed E-state index contributed by atoms with van der Waals surface area (Å²) in [6.45, 7) is 20.6. The van der Waals surface area contributed by atoms with E-state index >= 15 is 0 Å². The third-order valence-electron chi connectivity index (χ3n) is 5.00. The Labute approximate surface area is 286 Å². The summed E-state index contributed by atoms with van der Waals surface area (Å²) in [5.41, 5.74) is 0. The first-order chi connectivity index (χ1) is 22.6. The molecule has 0 radical (unpaired) electrons. The highest BCUT2D eigenvalue weighted by Gasteiger charge is 2.17. The molecule has 4 N–H and O–H groups in total. The predicted octanol–water partition coefficient (Wildman–Crippen LogP) is 7.94. The molecule has 0 aliphatic carbocycles. The van der Waals surface area contributed by atoms with E-state index in [1.807, 2.05) is 12.2 Å². The van der Waals surface area contributed by atoms with Crippen LogP contribution in [0.3, 0.4) is 0 Å². The van der Waals surface area contributed by atoms with Gasteiger partial charge in [0.25, 0.3) is 0 Å². The molecule has 0 aromatic heterocycles. The second kappa shape index (κ2) is 42.5. The van der Waals surface area contributed by atoms with Crippen molar-refractivity contribution < 1.29 is 58.7 Å². The molecule has 276 valence electrons. The first kappa shape index (κ1) is 53.0. The Morgan fingerprint density at radius 3 is 1.33 bits per heavy atom. The lowest BCUT2D eigenvalue weighted by atomic mass is 10.1. The van der Waals surface area contributed by atoms with Crippen molar-refractivity contribution in [1.29, 1.82) is 0 Å². The molecule has 0 amide bonds. The molecule has 0 aromatic carbocycles. The SMILES string of the molecule is C=CCC.C=CCC(=O)O.C=CCC(=O)O.C=CCC(=O)OC(C)CC(=O)OC(C)CC(=O)O.CCCCCCCC/C=C/CC(=O)O. The summed E-state index contributed by atoms with van der Waals surface area (Å²) in [5.74, 6) is -4.51. The van der Waals surface area contributed by atoms with Gasteiger partial charge in [0.05, 0.1) is 38.5 Å². The molecule has 0 saturated carbocycles. The number of rotatable bonds is 22. The quantitative estimate of drug-likeness (QED) is 0.0488. The van der Waals surface area contributed by atoms with Crippen LogP contribution in [0, 0.1) is 0 Å². The molecule has 2 atom stereocenters. The van der Waals surface area contributed by atoms with Crippen LogP contribution in [0.25, 0.3) is 0 Å². The van der Waals surface area contributed by atoms with Gasteiger partial charge in [-0.25, -0.2) is 0 Å². The van der Waals surface area contributed by atoms with Gasteiger partial charge < -0.3 is 29.9 Å². The number of carbonyl (C=O) groups is 6. The minimum Gasteiger partial charge on any atom is -0.481 e. The smallest absolute Gasteiger partial charge is 0.309 e. The van der Waals surface area contributed by atoms with Crippen molar-refractivity contribution in [3.8, 4) is 0 Å². The Kier molecular flexibility index (Phi) is 47.0. The lowest BCUT2D eigenvalue weighted by molar-refractivity contribution is -0.157. The van der Waals surface area contributed by atoms with E-state index in [1.165, 1.54) is 63.7 Å². The fourth-order valence-corrected chi connectivity index (χ4v) is 2.82. The zero-order valence-electron chi connectivity index (χ0n) is 29.4. The Bertz CT molecular complexity index is 917. The van der Waals surface area contributed by atoms with Crippen LogP contribution in [0.15, 0.2) is 62.8 Å². The molecule has 2 unspecified atom stereocenters. The summed E-state index contributed by atoms with van der Waals surface area (Å²) in [7, 11) is 0. The molecule has 0 fully saturated rings. The molecule has 12 heteroatoms. The van der Waals surface area contributed by atoms with E-state index in [2.05, 4.69) is 40.2 Å². The molecule has 0 aromatic rings. The second-order valence-corrected chi connectivity index (χ2v) is 9.99. The Morgan fingerprint density at radius 2 is 0.958 bits per heavy atom.